The molecule has 0 aliphatic heterocycles. The SMILES string of the molecule is CCC(C)C(O)CNC(=O)c1ccc(-c2nc(C3CC3)no2)cc1. The number of nitrogens with zero attached hydrogens (tertiary/aromatic N) is 2. The van der Waals surface area contributed by atoms with Crippen LogP contribution in [0.3, 0.4) is 0 Å². The molecule has 128 valence electrons. The van der Waals surface area contributed by atoms with Gasteiger partial charge in [0.05, 0.1) is 6.10 Å². The molecule has 1 fully saturated rings. The van der Waals surface area contributed by atoms with E-state index in [0.29, 0.717) is 17.4 Å². The highest BCUT2D eigenvalue weighted by atomic mass is 16.5. The van der Waals surface area contributed by atoms with E-state index in [4.69, 9.17) is 4.52 Å². The number of hydrogen-bond donors (Lipinski definition) is 2. The summed E-state index contributed by atoms with van der Waals surface area (Å²) in [5, 5.41) is 16.7. The zero-order chi connectivity index (χ0) is 17.1. The number of aliphatic hydroxyl groups is 1. The topological polar surface area (TPSA) is 88.2 Å². The predicted octanol–water partition coefficient (Wildman–Crippen LogP) is 2.75. The van der Waals surface area contributed by atoms with Crippen LogP contribution >= 0.6 is 0 Å². The van der Waals surface area contributed by atoms with Gasteiger partial charge in [-0.05, 0) is 43.0 Å². The molecule has 24 heavy (non-hydrogen) atoms. The van der Waals surface area contributed by atoms with Crippen LogP contribution in [0.4, 0.5) is 0 Å². The molecule has 6 nitrogen and oxygen atoms in total. The summed E-state index contributed by atoms with van der Waals surface area (Å²) in [6.45, 7) is 4.23. The Bertz CT molecular complexity index is 692. The maximum Gasteiger partial charge on any atom is 0.257 e. The molecule has 0 spiro atoms. The summed E-state index contributed by atoms with van der Waals surface area (Å²) in [6, 6.07) is 7.04. The van der Waals surface area contributed by atoms with Gasteiger partial charge in [0.25, 0.3) is 11.8 Å². The van der Waals surface area contributed by atoms with Crippen LogP contribution < -0.4 is 5.32 Å². The Balaban J connectivity index is 1.59. The molecule has 0 saturated heterocycles. The van der Waals surface area contributed by atoms with E-state index in [9.17, 15) is 9.90 Å². The summed E-state index contributed by atoms with van der Waals surface area (Å²) in [4.78, 5) is 16.5. The fourth-order valence-corrected chi connectivity index (χ4v) is 2.40. The second-order valence-electron chi connectivity index (χ2n) is 6.47. The summed E-state index contributed by atoms with van der Waals surface area (Å²) in [5.74, 6) is 1.66. The Morgan fingerprint density at radius 3 is 2.71 bits per heavy atom. The lowest BCUT2D eigenvalue weighted by Gasteiger charge is -2.17. The first kappa shape index (κ1) is 16.6. The molecule has 2 N–H and O–H groups in total. The van der Waals surface area contributed by atoms with Gasteiger partial charge in [0, 0.05) is 23.6 Å². The minimum atomic E-state index is -0.530. The van der Waals surface area contributed by atoms with Crippen LogP contribution in [0.5, 0.6) is 0 Å². The van der Waals surface area contributed by atoms with Crippen molar-refractivity contribution in [2.24, 2.45) is 5.92 Å². The lowest BCUT2D eigenvalue weighted by atomic mass is 10.0. The molecule has 2 unspecified atom stereocenters. The van der Waals surface area contributed by atoms with Gasteiger partial charge in [-0.15, -0.1) is 0 Å². The highest BCUT2D eigenvalue weighted by Crippen LogP contribution is 2.38. The molecule has 0 bridgehead atoms. The van der Waals surface area contributed by atoms with Crippen LogP contribution in [0, 0.1) is 5.92 Å². The van der Waals surface area contributed by atoms with Gasteiger partial charge in [-0.25, -0.2) is 0 Å². The number of carbonyl (C=O) groups excluding carboxylic acids is 1. The Labute approximate surface area is 141 Å². The quantitative estimate of drug-likeness (QED) is 0.815. The normalized spacial score (nSPS) is 16.6. The minimum Gasteiger partial charge on any atom is -0.391 e. The molecule has 1 amide bonds. The Morgan fingerprint density at radius 2 is 2.08 bits per heavy atom. The first-order chi connectivity index (χ1) is 11.6. The number of rotatable bonds is 7. The number of benzene rings is 1. The van der Waals surface area contributed by atoms with Crippen LogP contribution in [0.2, 0.25) is 0 Å². The van der Waals surface area contributed by atoms with Gasteiger partial charge in [-0.3, -0.25) is 4.79 Å². The van der Waals surface area contributed by atoms with Crippen LogP contribution in [0.15, 0.2) is 28.8 Å². The van der Waals surface area contributed by atoms with Crippen molar-refractivity contribution in [3.05, 3.63) is 35.7 Å². The van der Waals surface area contributed by atoms with Crippen molar-refractivity contribution in [3.63, 3.8) is 0 Å². The van der Waals surface area contributed by atoms with Crippen molar-refractivity contribution in [1.29, 1.82) is 0 Å². The molecule has 2 aromatic rings. The Hall–Kier alpha value is -2.21. The van der Waals surface area contributed by atoms with E-state index in [2.05, 4.69) is 15.5 Å². The van der Waals surface area contributed by atoms with Gasteiger partial charge in [0.1, 0.15) is 0 Å². The third-order valence-electron chi connectivity index (χ3n) is 4.55. The molecule has 2 atom stereocenters. The van der Waals surface area contributed by atoms with Crippen LogP contribution in [-0.4, -0.2) is 33.8 Å². The molecule has 1 aliphatic rings. The summed E-state index contributed by atoms with van der Waals surface area (Å²) in [7, 11) is 0. The third-order valence-corrected chi connectivity index (χ3v) is 4.55. The number of aliphatic hydroxyl groups excluding tert-OH is 1. The van der Waals surface area contributed by atoms with E-state index in [-0.39, 0.29) is 18.4 Å². The second-order valence-corrected chi connectivity index (χ2v) is 6.47. The number of nitrogens with one attached hydrogen (secondary N) is 1. The Morgan fingerprint density at radius 1 is 1.38 bits per heavy atom. The van der Waals surface area contributed by atoms with Crippen molar-refractivity contribution in [3.8, 4) is 11.5 Å². The second kappa shape index (κ2) is 7.13. The summed E-state index contributed by atoms with van der Waals surface area (Å²) >= 11 is 0. The Kier molecular flexibility index (Phi) is 4.94. The van der Waals surface area contributed by atoms with E-state index >= 15 is 0 Å². The van der Waals surface area contributed by atoms with Crippen molar-refractivity contribution < 1.29 is 14.4 Å². The molecule has 6 heteroatoms. The molecule has 1 heterocycles. The largest absolute Gasteiger partial charge is 0.391 e. The van der Waals surface area contributed by atoms with Gasteiger partial charge in [-0.2, -0.15) is 4.98 Å². The fraction of sp³-hybridized carbons (Fsp3) is 0.500. The van der Waals surface area contributed by atoms with Crippen LogP contribution in [0.1, 0.15) is 55.2 Å². The molecule has 0 radical (unpaired) electrons. The monoisotopic (exact) mass is 329 g/mol. The molecule has 1 aliphatic carbocycles. The number of carbonyl (C=O) groups is 1. The van der Waals surface area contributed by atoms with Gasteiger partial charge in [0.2, 0.25) is 0 Å². The number of aromatic nitrogens is 2. The molecular formula is C18H23N3O3. The van der Waals surface area contributed by atoms with E-state index in [1.165, 1.54) is 0 Å². The first-order valence-corrected chi connectivity index (χ1v) is 8.48. The number of hydrogen-bond acceptors (Lipinski definition) is 5. The average Bonchev–Trinajstić information content (AvgIpc) is 3.35. The average molecular weight is 329 g/mol. The summed E-state index contributed by atoms with van der Waals surface area (Å²) < 4.78 is 5.28. The predicted molar refractivity (Wildman–Crippen MR) is 89.5 cm³/mol. The maximum atomic E-state index is 12.1. The molecule has 3 rings (SSSR count). The molecule has 1 aromatic heterocycles. The summed E-state index contributed by atoms with van der Waals surface area (Å²) in [6.07, 6.45) is 2.59. The highest BCUT2D eigenvalue weighted by molar-refractivity contribution is 5.94. The third kappa shape index (κ3) is 3.82. The van der Waals surface area contributed by atoms with Crippen molar-refractivity contribution in [1.82, 2.24) is 15.5 Å². The van der Waals surface area contributed by atoms with E-state index in [0.717, 1.165) is 30.7 Å². The van der Waals surface area contributed by atoms with E-state index in [1.807, 2.05) is 13.8 Å². The maximum absolute atomic E-state index is 12.1. The summed E-state index contributed by atoms with van der Waals surface area (Å²) in [5.41, 5.74) is 1.34. The lowest BCUT2D eigenvalue weighted by molar-refractivity contribution is 0.0850. The van der Waals surface area contributed by atoms with Gasteiger partial charge >= 0.3 is 0 Å². The highest BCUT2D eigenvalue weighted by Gasteiger charge is 2.29. The molecule has 1 aromatic carbocycles. The first-order valence-electron chi connectivity index (χ1n) is 8.48. The zero-order valence-corrected chi connectivity index (χ0v) is 14.0. The number of amides is 1. The standard InChI is InChI=1S/C18H23N3O3/c1-3-11(2)15(22)10-19-17(23)13-6-8-14(9-7-13)18-20-16(21-24-18)12-4-5-12/h6-9,11-12,15,22H,3-5,10H2,1-2H3,(H,19,23). The van der Waals surface area contributed by atoms with Gasteiger partial charge in [-0.1, -0.05) is 25.4 Å². The van der Waals surface area contributed by atoms with Crippen molar-refractivity contribution >= 4 is 5.91 Å². The van der Waals surface area contributed by atoms with Crippen molar-refractivity contribution in [2.45, 2.75) is 45.1 Å². The molecule has 1 saturated carbocycles. The van der Waals surface area contributed by atoms with E-state index < -0.39 is 6.10 Å². The van der Waals surface area contributed by atoms with E-state index in [1.54, 1.807) is 24.3 Å². The fourth-order valence-electron chi connectivity index (χ4n) is 2.40. The molecular weight excluding hydrogens is 306 g/mol. The van der Waals surface area contributed by atoms with Gasteiger partial charge in [0.15, 0.2) is 5.82 Å². The van der Waals surface area contributed by atoms with Crippen LogP contribution in [0.25, 0.3) is 11.5 Å². The lowest BCUT2D eigenvalue weighted by Crippen LogP contribution is -2.35. The van der Waals surface area contributed by atoms with Gasteiger partial charge < -0.3 is 14.9 Å². The minimum absolute atomic E-state index is 0.158. The zero-order valence-electron chi connectivity index (χ0n) is 14.0. The van der Waals surface area contributed by atoms with Crippen LogP contribution in [-0.2, 0) is 0 Å². The smallest absolute Gasteiger partial charge is 0.257 e. The van der Waals surface area contributed by atoms with Crippen molar-refractivity contribution in [2.75, 3.05) is 6.54 Å².